The average Bonchev–Trinajstić information content (AvgIpc) is 2.83. The Morgan fingerprint density at radius 1 is 1.17 bits per heavy atom. The first-order valence-corrected chi connectivity index (χ1v) is 9.20. The standard InChI is InChI=1S/C19H25F3O2/c1-18-7-6-13-12(14(18)4-5-16(18)19(20,21)22)3-2-10-8-11(23)9-15(24)17(10)13/h8,12-17,24H,2-7,9H2,1H3/t12-,13+,14+,15?,16-,17+,18+/m1/s1. The summed E-state index contributed by atoms with van der Waals surface area (Å²) in [6.07, 6.45) is 1.01. The molecule has 0 aromatic carbocycles. The molecule has 0 saturated heterocycles. The van der Waals surface area contributed by atoms with Crippen molar-refractivity contribution in [2.75, 3.05) is 0 Å². The van der Waals surface area contributed by atoms with Gasteiger partial charge in [-0.15, -0.1) is 0 Å². The van der Waals surface area contributed by atoms with E-state index < -0.39 is 23.6 Å². The van der Waals surface area contributed by atoms with Crippen LogP contribution in [0.3, 0.4) is 0 Å². The molecular weight excluding hydrogens is 317 g/mol. The van der Waals surface area contributed by atoms with E-state index >= 15 is 0 Å². The lowest BCUT2D eigenvalue weighted by Crippen LogP contribution is -2.51. The SMILES string of the molecule is C[C@]12CC[C@H]3[C@@H](CCC4=CC(=O)CC(O)[C@@H]43)[C@@H]1CC[C@H]2C(F)(F)F. The first-order chi connectivity index (χ1) is 11.2. The summed E-state index contributed by atoms with van der Waals surface area (Å²) >= 11 is 0. The van der Waals surface area contributed by atoms with Gasteiger partial charge in [0.05, 0.1) is 12.0 Å². The maximum atomic E-state index is 13.5. The largest absolute Gasteiger partial charge is 0.392 e. The molecule has 2 nitrogen and oxygen atoms in total. The normalized spacial score (nSPS) is 48.4. The number of hydrogen-bond donors (Lipinski definition) is 1. The Kier molecular flexibility index (Phi) is 3.69. The molecule has 0 heterocycles. The first-order valence-electron chi connectivity index (χ1n) is 9.20. The average molecular weight is 342 g/mol. The number of fused-ring (bicyclic) bond motifs is 5. The van der Waals surface area contributed by atoms with Gasteiger partial charge in [-0.2, -0.15) is 13.2 Å². The highest BCUT2D eigenvalue weighted by molar-refractivity contribution is 5.92. The lowest BCUT2D eigenvalue weighted by Gasteiger charge is -2.54. The number of ketones is 1. The van der Waals surface area contributed by atoms with Gasteiger partial charge in [0.15, 0.2) is 5.78 Å². The molecule has 134 valence electrons. The van der Waals surface area contributed by atoms with Crippen molar-refractivity contribution in [2.24, 2.45) is 35.0 Å². The van der Waals surface area contributed by atoms with Crippen LogP contribution in [-0.2, 0) is 4.79 Å². The van der Waals surface area contributed by atoms with E-state index in [9.17, 15) is 23.1 Å². The summed E-state index contributed by atoms with van der Waals surface area (Å²) in [4.78, 5) is 11.7. The zero-order chi connectivity index (χ0) is 17.3. The maximum absolute atomic E-state index is 13.5. The van der Waals surface area contributed by atoms with Crippen molar-refractivity contribution < 1.29 is 23.1 Å². The highest BCUT2D eigenvalue weighted by Gasteiger charge is 2.63. The van der Waals surface area contributed by atoms with Crippen molar-refractivity contribution in [2.45, 2.75) is 64.1 Å². The third-order valence-corrected chi connectivity index (χ3v) is 7.71. The number of rotatable bonds is 0. The molecule has 0 amide bonds. The van der Waals surface area contributed by atoms with E-state index in [2.05, 4.69) is 0 Å². The van der Waals surface area contributed by atoms with Gasteiger partial charge in [0.1, 0.15) is 0 Å². The highest BCUT2D eigenvalue weighted by atomic mass is 19.4. The second-order valence-electron chi connectivity index (χ2n) is 8.67. The van der Waals surface area contributed by atoms with Crippen molar-refractivity contribution in [1.29, 1.82) is 0 Å². The molecule has 7 atom stereocenters. The monoisotopic (exact) mass is 342 g/mol. The molecular formula is C19H25F3O2. The second kappa shape index (κ2) is 5.33. The van der Waals surface area contributed by atoms with E-state index in [1.807, 2.05) is 6.92 Å². The van der Waals surface area contributed by atoms with Gasteiger partial charge in [0, 0.05) is 12.3 Å². The number of alkyl halides is 3. The zero-order valence-electron chi connectivity index (χ0n) is 14.0. The van der Waals surface area contributed by atoms with Crippen LogP contribution in [0.1, 0.15) is 51.9 Å². The van der Waals surface area contributed by atoms with E-state index in [4.69, 9.17) is 0 Å². The highest BCUT2D eigenvalue weighted by Crippen LogP contribution is 2.66. The molecule has 0 radical (unpaired) electrons. The summed E-state index contributed by atoms with van der Waals surface area (Å²) in [6.45, 7) is 1.85. The van der Waals surface area contributed by atoms with Crippen LogP contribution in [0.15, 0.2) is 11.6 Å². The van der Waals surface area contributed by atoms with Gasteiger partial charge in [-0.05, 0) is 67.8 Å². The van der Waals surface area contributed by atoms with E-state index in [-0.39, 0.29) is 42.3 Å². The minimum Gasteiger partial charge on any atom is -0.392 e. The van der Waals surface area contributed by atoms with Crippen molar-refractivity contribution in [3.05, 3.63) is 11.6 Å². The molecule has 0 spiro atoms. The summed E-state index contributed by atoms with van der Waals surface area (Å²) in [7, 11) is 0. The zero-order valence-corrected chi connectivity index (χ0v) is 14.0. The molecule has 4 aliphatic rings. The fourth-order valence-electron chi connectivity index (χ4n) is 6.79. The number of carbonyl (C=O) groups excluding carboxylic acids is 1. The molecule has 0 bridgehead atoms. The number of carbonyl (C=O) groups is 1. The molecule has 4 rings (SSSR count). The predicted octanol–water partition coefficient (Wildman–Crippen LogP) is 4.28. The van der Waals surface area contributed by atoms with Gasteiger partial charge >= 0.3 is 6.18 Å². The Hall–Kier alpha value is -0.840. The Morgan fingerprint density at radius 2 is 1.92 bits per heavy atom. The Bertz CT molecular complexity index is 582. The van der Waals surface area contributed by atoms with Gasteiger partial charge in [-0.25, -0.2) is 0 Å². The summed E-state index contributed by atoms with van der Waals surface area (Å²) in [6, 6.07) is 0. The molecule has 0 aliphatic heterocycles. The number of aliphatic hydroxyl groups is 1. The summed E-state index contributed by atoms with van der Waals surface area (Å²) in [5, 5.41) is 10.5. The minimum absolute atomic E-state index is 0.00376. The van der Waals surface area contributed by atoms with Crippen molar-refractivity contribution in [3.63, 3.8) is 0 Å². The Labute approximate surface area is 140 Å². The van der Waals surface area contributed by atoms with Crippen LogP contribution in [0.4, 0.5) is 13.2 Å². The lowest BCUT2D eigenvalue weighted by atomic mass is 9.51. The van der Waals surface area contributed by atoms with Crippen LogP contribution in [0, 0.1) is 35.0 Å². The van der Waals surface area contributed by atoms with Crippen LogP contribution < -0.4 is 0 Å². The smallest absolute Gasteiger partial charge is 0.392 e. The summed E-state index contributed by atoms with van der Waals surface area (Å²) in [5.41, 5.74) is 0.407. The fraction of sp³-hybridized carbons (Fsp3) is 0.842. The van der Waals surface area contributed by atoms with Gasteiger partial charge in [0.2, 0.25) is 0 Å². The summed E-state index contributed by atoms with van der Waals surface area (Å²) in [5.74, 6) is -0.568. The van der Waals surface area contributed by atoms with E-state index in [1.54, 1.807) is 6.08 Å². The van der Waals surface area contributed by atoms with Gasteiger partial charge in [-0.3, -0.25) is 4.79 Å². The van der Waals surface area contributed by atoms with Gasteiger partial charge in [-0.1, -0.05) is 12.5 Å². The van der Waals surface area contributed by atoms with Gasteiger partial charge < -0.3 is 5.11 Å². The number of halogens is 3. The lowest BCUT2D eigenvalue weighted by molar-refractivity contribution is -0.211. The van der Waals surface area contributed by atoms with E-state index in [1.165, 1.54) is 0 Å². The molecule has 0 aromatic heterocycles. The molecule has 3 fully saturated rings. The van der Waals surface area contributed by atoms with Crippen LogP contribution in [0.2, 0.25) is 0 Å². The van der Waals surface area contributed by atoms with Crippen molar-refractivity contribution >= 4 is 5.78 Å². The fourth-order valence-corrected chi connectivity index (χ4v) is 6.79. The van der Waals surface area contributed by atoms with E-state index in [0.29, 0.717) is 12.8 Å². The van der Waals surface area contributed by atoms with Crippen molar-refractivity contribution in [1.82, 2.24) is 0 Å². The van der Waals surface area contributed by atoms with Crippen LogP contribution in [-0.4, -0.2) is 23.2 Å². The van der Waals surface area contributed by atoms with Gasteiger partial charge in [0.25, 0.3) is 0 Å². The molecule has 4 aliphatic carbocycles. The topological polar surface area (TPSA) is 37.3 Å². The molecule has 1 unspecified atom stereocenters. The minimum atomic E-state index is -4.10. The number of hydrogen-bond acceptors (Lipinski definition) is 2. The van der Waals surface area contributed by atoms with Crippen LogP contribution in [0.25, 0.3) is 0 Å². The maximum Gasteiger partial charge on any atom is 0.392 e. The molecule has 5 heteroatoms. The van der Waals surface area contributed by atoms with Crippen molar-refractivity contribution in [3.8, 4) is 0 Å². The first kappa shape index (κ1) is 16.6. The number of aliphatic hydroxyl groups excluding tert-OH is 1. The van der Waals surface area contributed by atoms with Crippen LogP contribution >= 0.6 is 0 Å². The Morgan fingerprint density at radius 3 is 2.62 bits per heavy atom. The third kappa shape index (κ3) is 2.30. The quantitative estimate of drug-likeness (QED) is 0.713. The molecule has 0 aromatic rings. The molecule has 24 heavy (non-hydrogen) atoms. The third-order valence-electron chi connectivity index (χ3n) is 7.71. The van der Waals surface area contributed by atoms with Crippen LogP contribution in [0.5, 0.6) is 0 Å². The van der Waals surface area contributed by atoms with E-state index in [0.717, 1.165) is 24.8 Å². The molecule has 3 saturated carbocycles. The molecule has 1 N–H and O–H groups in total. The predicted molar refractivity (Wildman–Crippen MR) is 83.0 cm³/mol. The Balaban J connectivity index is 1.64. The second-order valence-corrected chi connectivity index (χ2v) is 8.67. The summed E-state index contributed by atoms with van der Waals surface area (Å²) < 4.78 is 40.5.